The van der Waals surface area contributed by atoms with E-state index in [4.69, 9.17) is 10.5 Å². The van der Waals surface area contributed by atoms with E-state index in [1.165, 1.54) is 32.1 Å². The molecule has 0 bridgehead atoms. The van der Waals surface area contributed by atoms with Crippen LogP contribution in [0, 0.1) is 0 Å². The molecule has 106 valence electrons. The van der Waals surface area contributed by atoms with Crippen LogP contribution in [0.1, 0.15) is 65.7 Å². The average Bonchev–Trinajstić information content (AvgIpc) is 2.30. The van der Waals surface area contributed by atoms with Crippen molar-refractivity contribution in [2.75, 3.05) is 6.61 Å². The molecule has 0 aromatic carbocycles. The molecule has 0 unspecified atom stereocenters. The Morgan fingerprint density at radius 3 is 2.22 bits per heavy atom. The van der Waals surface area contributed by atoms with Gasteiger partial charge in [-0.2, -0.15) is 0 Å². The molecule has 0 radical (unpaired) electrons. The molecule has 0 aliphatic heterocycles. The molecule has 18 heavy (non-hydrogen) atoms. The van der Waals surface area contributed by atoms with Crippen LogP contribution in [0.2, 0.25) is 0 Å². The first-order chi connectivity index (χ1) is 8.54. The Kier molecular flexibility index (Phi) is 10.8. The van der Waals surface area contributed by atoms with Crippen molar-refractivity contribution in [3.05, 3.63) is 11.6 Å². The fourth-order valence-electron chi connectivity index (χ4n) is 1.69. The molecule has 0 saturated carbocycles. The molecule has 0 aliphatic rings. The molecule has 0 heterocycles. The molecule has 0 aromatic heterocycles. The van der Waals surface area contributed by atoms with E-state index < -0.39 is 0 Å². The van der Waals surface area contributed by atoms with Crippen LogP contribution in [0.4, 0.5) is 0 Å². The van der Waals surface area contributed by atoms with E-state index in [2.05, 4.69) is 13.8 Å². The van der Waals surface area contributed by atoms with E-state index in [-0.39, 0.29) is 5.91 Å². The second kappa shape index (κ2) is 11.3. The number of allylic oxidation sites excluding steroid dienone is 1. The highest BCUT2D eigenvalue weighted by molar-refractivity contribution is 5.91. The summed E-state index contributed by atoms with van der Waals surface area (Å²) in [7, 11) is 0. The van der Waals surface area contributed by atoms with Gasteiger partial charge in [0.1, 0.15) is 0 Å². The van der Waals surface area contributed by atoms with Crippen molar-refractivity contribution >= 4 is 5.91 Å². The lowest BCUT2D eigenvalue weighted by atomic mass is 10.1. The van der Waals surface area contributed by atoms with Crippen LogP contribution in [-0.4, -0.2) is 18.6 Å². The first kappa shape index (κ1) is 17.2. The smallest absolute Gasteiger partial charge is 0.244 e. The molecule has 0 aromatic rings. The Bertz CT molecular complexity index is 247. The second-order valence-electron chi connectivity index (χ2n) is 5.08. The zero-order chi connectivity index (χ0) is 13.8. The second-order valence-corrected chi connectivity index (χ2v) is 5.08. The van der Waals surface area contributed by atoms with E-state index in [1.807, 2.05) is 6.08 Å². The minimum Gasteiger partial charge on any atom is -0.379 e. The summed E-state index contributed by atoms with van der Waals surface area (Å²) < 4.78 is 5.48. The van der Waals surface area contributed by atoms with Crippen LogP contribution in [0.3, 0.4) is 0 Å². The van der Waals surface area contributed by atoms with Gasteiger partial charge in [-0.15, -0.1) is 0 Å². The lowest BCUT2D eigenvalue weighted by molar-refractivity contribution is -0.114. The molecule has 0 fully saturated rings. The Morgan fingerprint density at radius 1 is 1.11 bits per heavy atom. The quantitative estimate of drug-likeness (QED) is 0.453. The molecular formula is C15H29NO2. The molecular weight excluding hydrogens is 226 g/mol. The molecule has 2 N–H and O–H groups in total. The normalized spacial score (nSPS) is 12.1. The number of hydrogen-bond acceptors (Lipinski definition) is 2. The topological polar surface area (TPSA) is 52.3 Å². The number of carbonyl (C=O) groups excluding carboxylic acids is 1. The van der Waals surface area contributed by atoms with Crippen LogP contribution in [0.5, 0.6) is 0 Å². The van der Waals surface area contributed by atoms with Crippen LogP contribution in [-0.2, 0) is 9.53 Å². The van der Waals surface area contributed by atoms with Gasteiger partial charge in [-0.25, -0.2) is 0 Å². The van der Waals surface area contributed by atoms with E-state index in [0.717, 1.165) is 19.4 Å². The zero-order valence-electron chi connectivity index (χ0n) is 12.2. The maximum Gasteiger partial charge on any atom is 0.244 e. The minimum atomic E-state index is -0.305. The van der Waals surface area contributed by atoms with Gasteiger partial charge in [-0.05, 0) is 40.0 Å². The van der Waals surface area contributed by atoms with E-state index in [1.54, 1.807) is 6.92 Å². The first-order valence-electron chi connectivity index (χ1n) is 7.12. The minimum absolute atomic E-state index is 0.305. The fourth-order valence-corrected chi connectivity index (χ4v) is 1.69. The van der Waals surface area contributed by atoms with Gasteiger partial charge in [0.2, 0.25) is 5.91 Å². The van der Waals surface area contributed by atoms with E-state index in [9.17, 15) is 4.79 Å². The van der Waals surface area contributed by atoms with E-state index >= 15 is 0 Å². The fraction of sp³-hybridized carbons (Fsp3) is 0.800. The maximum absolute atomic E-state index is 10.8. The van der Waals surface area contributed by atoms with Gasteiger partial charge in [-0.1, -0.05) is 31.8 Å². The van der Waals surface area contributed by atoms with Crippen LogP contribution in [0.25, 0.3) is 0 Å². The van der Waals surface area contributed by atoms with Gasteiger partial charge in [0, 0.05) is 12.2 Å². The third-order valence-electron chi connectivity index (χ3n) is 2.89. The molecule has 0 aliphatic carbocycles. The number of hydrogen-bond donors (Lipinski definition) is 1. The van der Waals surface area contributed by atoms with Crippen LogP contribution in [0.15, 0.2) is 11.6 Å². The number of rotatable bonds is 11. The summed E-state index contributed by atoms with van der Waals surface area (Å²) in [6.45, 7) is 6.80. The summed E-state index contributed by atoms with van der Waals surface area (Å²) in [5, 5.41) is 0. The number of ether oxygens (including phenoxy) is 1. The highest BCUT2D eigenvalue weighted by atomic mass is 16.5. The highest BCUT2D eigenvalue weighted by Gasteiger charge is 1.96. The van der Waals surface area contributed by atoms with Gasteiger partial charge in [0.25, 0.3) is 0 Å². The predicted molar refractivity (Wildman–Crippen MR) is 76.4 cm³/mol. The van der Waals surface area contributed by atoms with E-state index in [0.29, 0.717) is 11.7 Å². The number of unbranched alkanes of at least 4 members (excludes halogenated alkanes) is 6. The molecule has 3 heteroatoms. The molecule has 0 spiro atoms. The summed E-state index contributed by atoms with van der Waals surface area (Å²) in [5.41, 5.74) is 5.83. The Balaban J connectivity index is 3.22. The molecule has 0 atom stereocenters. The monoisotopic (exact) mass is 255 g/mol. The molecule has 1 amide bonds. The summed E-state index contributed by atoms with van der Waals surface area (Å²) in [5.74, 6) is -0.305. The summed E-state index contributed by atoms with van der Waals surface area (Å²) in [6.07, 6.45) is 10.6. The van der Waals surface area contributed by atoms with Crippen molar-refractivity contribution in [1.29, 1.82) is 0 Å². The first-order valence-corrected chi connectivity index (χ1v) is 7.12. The van der Waals surface area contributed by atoms with Crippen molar-refractivity contribution in [2.24, 2.45) is 5.73 Å². The lowest BCUT2D eigenvalue weighted by Gasteiger charge is -2.06. The third kappa shape index (κ3) is 11.6. The van der Waals surface area contributed by atoms with Crippen molar-refractivity contribution in [1.82, 2.24) is 0 Å². The van der Waals surface area contributed by atoms with Crippen LogP contribution >= 0.6 is 0 Å². The maximum atomic E-state index is 10.8. The SMILES string of the molecule is CC(=CCCCCCCCCOC(C)C)C(N)=O. The van der Waals surface area contributed by atoms with Gasteiger partial charge in [0.15, 0.2) is 0 Å². The highest BCUT2D eigenvalue weighted by Crippen LogP contribution is 2.09. The Hall–Kier alpha value is -0.830. The summed E-state index contributed by atoms with van der Waals surface area (Å²) in [6, 6.07) is 0. The molecule has 3 nitrogen and oxygen atoms in total. The van der Waals surface area contributed by atoms with Crippen molar-refractivity contribution < 1.29 is 9.53 Å². The van der Waals surface area contributed by atoms with Gasteiger partial charge in [-0.3, -0.25) is 4.79 Å². The Morgan fingerprint density at radius 2 is 1.67 bits per heavy atom. The van der Waals surface area contributed by atoms with Crippen molar-refractivity contribution in [3.8, 4) is 0 Å². The average molecular weight is 255 g/mol. The summed E-state index contributed by atoms with van der Waals surface area (Å²) >= 11 is 0. The van der Waals surface area contributed by atoms with Crippen molar-refractivity contribution in [2.45, 2.75) is 71.8 Å². The molecule has 0 rings (SSSR count). The number of primary amides is 1. The largest absolute Gasteiger partial charge is 0.379 e. The van der Waals surface area contributed by atoms with Crippen LogP contribution < -0.4 is 5.73 Å². The predicted octanol–water partition coefficient (Wildman–Crippen LogP) is 3.57. The van der Waals surface area contributed by atoms with Crippen molar-refractivity contribution in [3.63, 3.8) is 0 Å². The molecule has 0 saturated heterocycles. The lowest BCUT2D eigenvalue weighted by Crippen LogP contribution is -2.11. The van der Waals surface area contributed by atoms with Gasteiger partial charge in [0.05, 0.1) is 6.10 Å². The number of nitrogens with two attached hydrogens (primary N) is 1. The van der Waals surface area contributed by atoms with Gasteiger partial charge >= 0.3 is 0 Å². The zero-order valence-corrected chi connectivity index (χ0v) is 12.2. The number of carbonyl (C=O) groups is 1. The standard InChI is InChI=1S/C15H29NO2/c1-13(2)18-12-10-8-6-4-5-7-9-11-14(3)15(16)17/h11,13H,4-10,12H2,1-3H3,(H2,16,17). The number of amides is 1. The third-order valence-corrected chi connectivity index (χ3v) is 2.89. The Labute approximate surface area is 112 Å². The summed E-state index contributed by atoms with van der Waals surface area (Å²) in [4.78, 5) is 10.8. The van der Waals surface area contributed by atoms with Gasteiger partial charge < -0.3 is 10.5 Å².